The van der Waals surface area contributed by atoms with E-state index in [2.05, 4.69) is 0 Å². The van der Waals surface area contributed by atoms with Gasteiger partial charge in [-0.25, -0.2) is 4.79 Å². The van der Waals surface area contributed by atoms with Gasteiger partial charge in [-0.15, -0.1) is 0 Å². The van der Waals surface area contributed by atoms with Gasteiger partial charge < -0.3 is 25.6 Å². The number of carbonyl (C=O) groups is 2. The van der Waals surface area contributed by atoms with Gasteiger partial charge in [-0.3, -0.25) is 4.79 Å². The molecule has 1 unspecified atom stereocenters. The number of hydrogen-bond donors (Lipinski definition) is 3. The smallest absolute Gasteiger partial charge is 0.326 e. The molecule has 0 aromatic carbocycles. The third kappa shape index (κ3) is 3.95. The Balaban J connectivity index is 2.41. The van der Waals surface area contributed by atoms with Gasteiger partial charge in [0.1, 0.15) is 6.04 Å². The Morgan fingerprint density at radius 3 is 2.71 bits per heavy atom. The van der Waals surface area contributed by atoms with E-state index in [0.717, 1.165) is 0 Å². The molecule has 0 radical (unpaired) electrons. The fraction of sp³-hybridized carbons (Fsp3) is 0.800. The zero-order chi connectivity index (χ0) is 12.8. The number of carboxylic acid groups (broad SMARTS) is 1. The number of aliphatic carboxylic acids is 1. The average Bonchev–Trinajstić information content (AvgIpc) is 2.66. The number of hydrogen-bond acceptors (Lipinski definition) is 5. The third-order valence-electron chi connectivity index (χ3n) is 2.61. The fourth-order valence-electron chi connectivity index (χ4n) is 1.81. The van der Waals surface area contributed by atoms with Gasteiger partial charge in [-0.05, 0) is 0 Å². The highest BCUT2D eigenvalue weighted by atomic mass is 16.5. The Morgan fingerprint density at radius 1 is 1.41 bits per heavy atom. The van der Waals surface area contributed by atoms with E-state index >= 15 is 0 Å². The molecule has 0 aromatic rings. The summed E-state index contributed by atoms with van der Waals surface area (Å²) >= 11 is 0. The highest BCUT2D eigenvalue weighted by Crippen LogP contribution is 2.19. The van der Waals surface area contributed by atoms with E-state index < -0.39 is 18.1 Å². The number of rotatable bonds is 6. The van der Waals surface area contributed by atoms with E-state index in [0.29, 0.717) is 13.2 Å². The summed E-state index contributed by atoms with van der Waals surface area (Å²) in [4.78, 5) is 23.8. The standard InChI is InChI=1S/C10H18N2O5/c11-2-4-17-3-1-9(14)12-6-7(13)5-8(12)10(15)16/h7-8,13H,1-6,11H2,(H,15,16)/t7?,8-/m0/s1. The number of ether oxygens (including phenoxy) is 1. The average molecular weight is 246 g/mol. The van der Waals surface area contributed by atoms with Crippen LogP contribution >= 0.6 is 0 Å². The number of carbonyl (C=O) groups excluding carboxylic acids is 1. The lowest BCUT2D eigenvalue weighted by Crippen LogP contribution is -2.41. The van der Waals surface area contributed by atoms with E-state index in [9.17, 15) is 14.7 Å². The number of aliphatic hydroxyl groups excluding tert-OH is 1. The number of amides is 1. The van der Waals surface area contributed by atoms with Crippen LogP contribution in [0.2, 0.25) is 0 Å². The second-order valence-electron chi connectivity index (χ2n) is 3.94. The lowest BCUT2D eigenvalue weighted by atomic mass is 10.2. The van der Waals surface area contributed by atoms with Crippen molar-refractivity contribution in [2.45, 2.75) is 25.0 Å². The lowest BCUT2D eigenvalue weighted by Gasteiger charge is -2.21. The van der Waals surface area contributed by atoms with Gasteiger partial charge in [-0.1, -0.05) is 0 Å². The van der Waals surface area contributed by atoms with Gasteiger partial charge in [0, 0.05) is 19.5 Å². The molecule has 0 aromatic heterocycles. The summed E-state index contributed by atoms with van der Waals surface area (Å²) in [5.74, 6) is -1.40. The monoisotopic (exact) mass is 246 g/mol. The first kappa shape index (κ1) is 13.9. The van der Waals surface area contributed by atoms with E-state index in [1.165, 1.54) is 4.90 Å². The van der Waals surface area contributed by atoms with Crippen LogP contribution in [0.3, 0.4) is 0 Å². The second kappa shape index (κ2) is 6.53. The van der Waals surface area contributed by atoms with Crippen LogP contribution in [0.5, 0.6) is 0 Å². The number of nitrogens with zero attached hydrogens (tertiary/aromatic N) is 1. The molecule has 1 fully saturated rings. The van der Waals surface area contributed by atoms with Crippen LogP contribution < -0.4 is 5.73 Å². The maximum atomic E-state index is 11.7. The van der Waals surface area contributed by atoms with Gasteiger partial charge >= 0.3 is 5.97 Å². The molecule has 1 aliphatic rings. The molecule has 0 saturated carbocycles. The molecule has 1 amide bonds. The number of likely N-dealkylation sites (tertiary alicyclic amines) is 1. The molecule has 1 heterocycles. The zero-order valence-corrected chi connectivity index (χ0v) is 9.54. The van der Waals surface area contributed by atoms with Crippen LogP contribution in [0.4, 0.5) is 0 Å². The van der Waals surface area contributed by atoms with Crippen molar-refractivity contribution in [1.82, 2.24) is 4.90 Å². The van der Waals surface area contributed by atoms with Crippen LogP contribution in [0, 0.1) is 0 Å². The summed E-state index contributed by atoms with van der Waals surface area (Å²) in [5, 5.41) is 18.3. The summed E-state index contributed by atoms with van der Waals surface area (Å²) in [6, 6.07) is -0.924. The minimum absolute atomic E-state index is 0.0761. The maximum Gasteiger partial charge on any atom is 0.326 e. The van der Waals surface area contributed by atoms with Crippen molar-refractivity contribution in [2.24, 2.45) is 5.73 Å². The predicted octanol–water partition coefficient (Wildman–Crippen LogP) is -1.60. The van der Waals surface area contributed by atoms with Crippen LogP contribution in [0.1, 0.15) is 12.8 Å². The molecule has 0 spiro atoms. The van der Waals surface area contributed by atoms with Crippen molar-refractivity contribution >= 4 is 11.9 Å². The minimum Gasteiger partial charge on any atom is -0.480 e. The Hall–Kier alpha value is -1.18. The highest BCUT2D eigenvalue weighted by Gasteiger charge is 2.38. The van der Waals surface area contributed by atoms with Crippen LogP contribution in [0.15, 0.2) is 0 Å². The van der Waals surface area contributed by atoms with Gasteiger partial charge in [-0.2, -0.15) is 0 Å². The summed E-state index contributed by atoms with van der Waals surface area (Å²) in [6.07, 6.45) is -0.564. The molecule has 0 bridgehead atoms. The summed E-state index contributed by atoms with van der Waals surface area (Å²) in [5.41, 5.74) is 5.22. The summed E-state index contributed by atoms with van der Waals surface area (Å²) in [7, 11) is 0. The molecule has 1 saturated heterocycles. The van der Waals surface area contributed by atoms with E-state index in [1.54, 1.807) is 0 Å². The molecular formula is C10H18N2O5. The molecule has 98 valence electrons. The van der Waals surface area contributed by atoms with Crippen LogP contribution in [0.25, 0.3) is 0 Å². The molecule has 4 N–H and O–H groups in total. The van der Waals surface area contributed by atoms with Crippen molar-refractivity contribution in [2.75, 3.05) is 26.3 Å². The van der Waals surface area contributed by atoms with E-state index in [4.69, 9.17) is 15.6 Å². The van der Waals surface area contributed by atoms with Gasteiger partial charge in [0.05, 0.1) is 25.7 Å². The van der Waals surface area contributed by atoms with Crippen molar-refractivity contribution in [1.29, 1.82) is 0 Å². The normalized spacial score (nSPS) is 24.0. The Labute approximate surface area is 99.1 Å². The summed E-state index contributed by atoms with van der Waals surface area (Å²) in [6.45, 7) is 1.05. The Morgan fingerprint density at radius 2 is 2.12 bits per heavy atom. The Kier molecular flexibility index (Phi) is 5.33. The molecule has 7 heteroatoms. The molecule has 1 aliphatic heterocycles. The quantitative estimate of drug-likeness (QED) is 0.486. The highest BCUT2D eigenvalue weighted by molar-refractivity contribution is 5.84. The first-order valence-electron chi connectivity index (χ1n) is 5.54. The first-order valence-corrected chi connectivity index (χ1v) is 5.54. The molecule has 1 rings (SSSR count). The summed E-state index contributed by atoms with van der Waals surface area (Å²) < 4.78 is 5.05. The maximum absolute atomic E-state index is 11.7. The number of β-amino-alcohol motifs (C(OH)–C–C–N with tert-alkyl or cyclic N) is 1. The largest absolute Gasteiger partial charge is 0.480 e. The molecular weight excluding hydrogens is 228 g/mol. The van der Waals surface area contributed by atoms with Crippen molar-refractivity contribution < 1.29 is 24.5 Å². The van der Waals surface area contributed by atoms with E-state index in [-0.39, 0.29) is 31.9 Å². The Bertz CT molecular complexity index is 284. The number of carboxylic acids is 1. The van der Waals surface area contributed by atoms with Crippen molar-refractivity contribution in [3.63, 3.8) is 0 Å². The van der Waals surface area contributed by atoms with Gasteiger partial charge in [0.15, 0.2) is 0 Å². The zero-order valence-electron chi connectivity index (χ0n) is 9.54. The third-order valence-corrected chi connectivity index (χ3v) is 2.61. The number of aliphatic hydroxyl groups is 1. The minimum atomic E-state index is -1.09. The molecule has 0 aliphatic carbocycles. The predicted molar refractivity (Wildman–Crippen MR) is 58.3 cm³/mol. The molecule has 2 atom stereocenters. The lowest BCUT2D eigenvalue weighted by molar-refractivity contribution is -0.148. The molecule has 7 nitrogen and oxygen atoms in total. The van der Waals surface area contributed by atoms with Gasteiger partial charge in [0.2, 0.25) is 5.91 Å². The van der Waals surface area contributed by atoms with Crippen molar-refractivity contribution in [3.05, 3.63) is 0 Å². The topological polar surface area (TPSA) is 113 Å². The molecule has 17 heavy (non-hydrogen) atoms. The SMILES string of the molecule is NCCOCCC(=O)N1CC(O)C[C@H]1C(=O)O. The van der Waals surface area contributed by atoms with E-state index in [1.807, 2.05) is 0 Å². The fourth-order valence-corrected chi connectivity index (χ4v) is 1.81. The first-order chi connectivity index (χ1) is 8.06. The van der Waals surface area contributed by atoms with Gasteiger partial charge in [0.25, 0.3) is 0 Å². The van der Waals surface area contributed by atoms with Crippen molar-refractivity contribution in [3.8, 4) is 0 Å². The number of nitrogens with two attached hydrogens (primary N) is 1. The second-order valence-corrected chi connectivity index (χ2v) is 3.94. The van der Waals surface area contributed by atoms with Crippen LogP contribution in [-0.4, -0.2) is 65.4 Å². The van der Waals surface area contributed by atoms with Crippen LogP contribution in [-0.2, 0) is 14.3 Å².